The third kappa shape index (κ3) is 2.57. The molecule has 1 heterocycles. The van der Waals surface area contributed by atoms with Crippen molar-refractivity contribution in [2.24, 2.45) is 0 Å². The minimum atomic E-state index is 0.434. The van der Waals surface area contributed by atoms with Gasteiger partial charge in [-0.25, -0.2) is 0 Å². The third-order valence-electron chi connectivity index (χ3n) is 3.67. The van der Waals surface area contributed by atoms with Crippen molar-refractivity contribution in [3.8, 4) is 0 Å². The molecule has 0 aliphatic carbocycles. The van der Waals surface area contributed by atoms with Crippen LogP contribution in [0.2, 0.25) is 5.15 Å². The van der Waals surface area contributed by atoms with Crippen molar-refractivity contribution in [3.63, 3.8) is 0 Å². The Labute approximate surface area is 129 Å². The van der Waals surface area contributed by atoms with Crippen molar-refractivity contribution >= 4 is 33.9 Å². The summed E-state index contributed by atoms with van der Waals surface area (Å²) in [5.41, 5.74) is 2.40. The van der Waals surface area contributed by atoms with Crippen LogP contribution >= 0.6 is 11.6 Å². The van der Waals surface area contributed by atoms with Crippen LogP contribution in [0.4, 0.5) is 11.5 Å². The fourth-order valence-corrected chi connectivity index (χ4v) is 2.58. The van der Waals surface area contributed by atoms with Gasteiger partial charge in [-0.05, 0) is 24.1 Å². The Morgan fingerprint density at radius 1 is 0.952 bits per heavy atom. The average Bonchev–Trinajstić information content (AvgIpc) is 2.55. The van der Waals surface area contributed by atoms with Crippen molar-refractivity contribution in [2.75, 3.05) is 11.9 Å². The molecule has 0 N–H and O–H groups in total. The van der Waals surface area contributed by atoms with Crippen molar-refractivity contribution < 1.29 is 0 Å². The SMILES string of the molecule is CCc1ccc(N(C)c2nnc(Cl)c3ccccc23)cc1. The Kier molecular flexibility index (Phi) is 3.76. The highest BCUT2D eigenvalue weighted by Crippen LogP contribution is 2.31. The van der Waals surface area contributed by atoms with E-state index in [4.69, 9.17) is 11.6 Å². The van der Waals surface area contributed by atoms with Crippen LogP contribution in [0, 0.1) is 0 Å². The van der Waals surface area contributed by atoms with Crippen LogP contribution < -0.4 is 4.90 Å². The summed E-state index contributed by atoms with van der Waals surface area (Å²) in [6.07, 6.45) is 1.04. The summed E-state index contributed by atoms with van der Waals surface area (Å²) < 4.78 is 0. The van der Waals surface area contributed by atoms with Crippen molar-refractivity contribution in [3.05, 3.63) is 59.2 Å². The fraction of sp³-hybridized carbons (Fsp3) is 0.176. The molecule has 0 aliphatic heterocycles. The molecule has 0 fully saturated rings. The highest BCUT2D eigenvalue weighted by atomic mass is 35.5. The number of aryl methyl sites for hydroxylation is 1. The van der Waals surface area contributed by atoms with E-state index >= 15 is 0 Å². The second-order valence-corrected chi connectivity index (χ2v) is 5.30. The van der Waals surface area contributed by atoms with Gasteiger partial charge in [-0.3, -0.25) is 0 Å². The van der Waals surface area contributed by atoms with Gasteiger partial charge < -0.3 is 4.90 Å². The first-order valence-corrected chi connectivity index (χ1v) is 7.32. The summed E-state index contributed by atoms with van der Waals surface area (Å²) in [7, 11) is 1.99. The van der Waals surface area contributed by atoms with Gasteiger partial charge >= 0.3 is 0 Å². The van der Waals surface area contributed by atoms with Crippen LogP contribution in [0.3, 0.4) is 0 Å². The second-order valence-electron chi connectivity index (χ2n) is 4.94. The number of halogens is 1. The monoisotopic (exact) mass is 297 g/mol. The van der Waals surface area contributed by atoms with E-state index in [-0.39, 0.29) is 0 Å². The number of benzene rings is 2. The summed E-state index contributed by atoms with van der Waals surface area (Å²) in [5.74, 6) is 0.805. The lowest BCUT2D eigenvalue weighted by Crippen LogP contribution is -2.12. The molecular weight excluding hydrogens is 282 g/mol. The number of fused-ring (bicyclic) bond motifs is 1. The van der Waals surface area contributed by atoms with Gasteiger partial charge in [-0.1, -0.05) is 54.9 Å². The van der Waals surface area contributed by atoms with E-state index in [1.54, 1.807) is 0 Å². The number of hydrogen-bond acceptors (Lipinski definition) is 3. The van der Waals surface area contributed by atoms with Gasteiger partial charge in [0.1, 0.15) is 0 Å². The second kappa shape index (κ2) is 5.70. The fourth-order valence-electron chi connectivity index (χ4n) is 2.38. The first-order valence-electron chi connectivity index (χ1n) is 6.94. The van der Waals surface area contributed by atoms with Crippen molar-refractivity contribution in [1.82, 2.24) is 10.2 Å². The Morgan fingerprint density at radius 2 is 1.62 bits per heavy atom. The summed E-state index contributed by atoms with van der Waals surface area (Å²) in [4.78, 5) is 2.03. The zero-order valence-electron chi connectivity index (χ0n) is 12.0. The van der Waals surface area contributed by atoms with Gasteiger partial charge in [0, 0.05) is 23.5 Å². The molecule has 106 valence electrons. The molecular formula is C17H16ClN3. The van der Waals surface area contributed by atoms with Crippen LogP contribution in [0.5, 0.6) is 0 Å². The summed E-state index contributed by atoms with van der Waals surface area (Å²) in [5, 5.41) is 10.7. The summed E-state index contributed by atoms with van der Waals surface area (Å²) in [6, 6.07) is 16.4. The maximum atomic E-state index is 6.13. The normalized spacial score (nSPS) is 10.8. The highest BCUT2D eigenvalue weighted by molar-refractivity contribution is 6.34. The predicted octanol–water partition coefficient (Wildman–Crippen LogP) is 4.61. The minimum absolute atomic E-state index is 0.434. The van der Waals surface area contributed by atoms with E-state index in [9.17, 15) is 0 Å². The molecule has 0 atom stereocenters. The molecule has 0 unspecified atom stereocenters. The third-order valence-corrected chi connectivity index (χ3v) is 3.95. The van der Waals surface area contributed by atoms with Crippen LogP contribution in [0.25, 0.3) is 10.8 Å². The quantitative estimate of drug-likeness (QED) is 0.706. The first kappa shape index (κ1) is 13.8. The zero-order chi connectivity index (χ0) is 14.8. The van der Waals surface area contributed by atoms with Gasteiger partial charge in [-0.2, -0.15) is 0 Å². The van der Waals surface area contributed by atoms with Gasteiger partial charge in [0.15, 0.2) is 11.0 Å². The molecule has 0 saturated carbocycles. The number of anilines is 2. The standard InChI is InChI=1S/C17H16ClN3/c1-3-12-8-10-13(11-9-12)21(2)17-15-7-5-4-6-14(15)16(18)19-20-17/h4-11H,3H2,1-2H3. The number of hydrogen-bond donors (Lipinski definition) is 0. The van der Waals surface area contributed by atoms with Gasteiger partial charge in [0.25, 0.3) is 0 Å². The maximum absolute atomic E-state index is 6.13. The molecule has 21 heavy (non-hydrogen) atoms. The molecule has 3 aromatic rings. The number of nitrogens with zero attached hydrogens (tertiary/aromatic N) is 3. The molecule has 0 spiro atoms. The number of rotatable bonds is 3. The lowest BCUT2D eigenvalue weighted by Gasteiger charge is -2.20. The molecule has 3 nitrogen and oxygen atoms in total. The Morgan fingerprint density at radius 3 is 2.29 bits per heavy atom. The summed E-state index contributed by atoms with van der Waals surface area (Å²) >= 11 is 6.13. The van der Waals surface area contributed by atoms with Gasteiger partial charge in [-0.15, -0.1) is 10.2 Å². The minimum Gasteiger partial charge on any atom is -0.327 e. The van der Waals surface area contributed by atoms with E-state index in [1.807, 2.05) is 36.2 Å². The number of aromatic nitrogens is 2. The van der Waals surface area contributed by atoms with E-state index in [0.29, 0.717) is 5.15 Å². The van der Waals surface area contributed by atoms with E-state index in [0.717, 1.165) is 28.7 Å². The molecule has 2 aromatic carbocycles. The topological polar surface area (TPSA) is 29.0 Å². The highest BCUT2D eigenvalue weighted by Gasteiger charge is 2.12. The summed E-state index contributed by atoms with van der Waals surface area (Å²) in [6.45, 7) is 2.15. The van der Waals surface area contributed by atoms with Crippen molar-refractivity contribution in [2.45, 2.75) is 13.3 Å². The van der Waals surface area contributed by atoms with Crippen LogP contribution in [-0.2, 0) is 6.42 Å². The predicted molar refractivity (Wildman–Crippen MR) is 88.4 cm³/mol. The van der Waals surface area contributed by atoms with E-state index in [2.05, 4.69) is 41.4 Å². The molecule has 4 heteroatoms. The molecule has 0 radical (unpaired) electrons. The van der Waals surface area contributed by atoms with Crippen molar-refractivity contribution in [1.29, 1.82) is 0 Å². The Hall–Kier alpha value is -2.13. The maximum Gasteiger partial charge on any atom is 0.163 e. The lowest BCUT2D eigenvalue weighted by atomic mass is 10.1. The smallest absolute Gasteiger partial charge is 0.163 e. The van der Waals surface area contributed by atoms with Crippen LogP contribution in [0.1, 0.15) is 12.5 Å². The lowest BCUT2D eigenvalue weighted by molar-refractivity contribution is 1.00. The van der Waals surface area contributed by atoms with E-state index in [1.165, 1.54) is 5.56 Å². The Balaban J connectivity index is 2.08. The first-order chi connectivity index (χ1) is 10.2. The van der Waals surface area contributed by atoms with E-state index < -0.39 is 0 Å². The molecule has 0 bridgehead atoms. The van der Waals surface area contributed by atoms with Crippen LogP contribution in [-0.4, -0.2) is 17.2 Å². The Bertz CT molecular complexity index is 769. The molecule has 3 rings (SSSR count). The zero-order valence-corrected chi connectivity index (χ0v) is 12.8. The molecule has 0 aliphatic rings. The van der Waals surface area contributed by atoms with Gasteiger partial charge in [0.2, 0.25) is 0 Å². The van der Waals surface area contributed by atoms with Gasteiger partial charge in [0.05, 0.1) is 0 Å². The van der Waals surface area contributed by atoms with Crippen LogP contribution in [0.15, 0.2) is 48.5 Å². The average molecular weight is 298 g/mol. The molecule has 1 aromatic heterocycles. The largest absolute Gasteiger partial charge is 0.327 e. The molecule has 0 amide bonds. The molecule has 0 saturated heterocycles.